The molecule has 0 atom stereocenters. The maximum Gasteiger partial charge on any atom is 0.234 e. The van der Waals surface area contributed by atoms with Crippen LogP contribution in [0.3, 0.4) is 0 Å². The predicted molar refractivity (Wildman–Crippen MR) is 55.8 cm³/mol. The van der Waals surface area contributed by atoms with Crippen LogP contribution in [0.5, 0.6) is 0 Å². The molecule has 0 bridgehead atoms. The van der Waals surface area contributed by atoms with E-state index in [1.807, 2.05) is 19.9 Å². The lowest BCUT2D eigenvalue weighted by Gasteiger charge is -2.03. The number of nitrogens with two attached hydrogens (primary N) is 1. The first kappa shape index (κ1) is 9.79. The zero-order chi connectivity index (χ0) is 11.0. The second-order valence-corrected chi connectivity index (χ2v) is 3.45. The monoisotopic (exact) mass is 204 g/mol. The summed E-state index contributed by atoms with van der Waals surface area (Å²) < 4.78 is 1.72. The second-order valence-electron chi connectivity index (χ2n) is 3.45. The maximum absolute atomic E-state index is 11.5. The molecule has 2 N–H and O–H groups in total. The molecule has 15 heavy (non-hydrogen) atoms. The SMILES string of the molecule is Cc1cc(C)n2c(C(=O)CN)cnc2n1. The van der Waals surface area contributed by atoms with Crippen molar-refractivity contribution >= 4 is 11.6 Å². The number of aryl methyl sites for hydroxylation is 2. The quantitative estimate of drug-likeness (QED) is 0.722. The molecule has 2 aromatic rings. The van der Waals surface area contributed by atoms with Gasteiger partial charge < -0.3 is 5.73 Å². The second kappa shape index (κ2) is 3.43. The van der Waals surface area contributed by atoms with Gasteiger partial charge in [0.25, 0.3) is 0 Å². The highest BCUT2D eigenvalue weighted by molar-refractivity contribution is 5.96. The Morgan fingerprint density at radius 2 is 2.27 bits per heavy atom. The van der Waals surface area contributed by atoms with Crippen molar-refractivity contribution in [1.29, 1.82) is 0 Å². The van der Waals surface area contributed by atoms with Gasteiger partial charge in [-0.1, -0.05) is 0 Å². The van der Waals surface area contributed by atoms with Gasteiger partial charge in [0.1, 0.15) is 5.69 Å². The number of imidazole rings is 1. The van der Waals surface area contributed by atoms with Crippen LogP contribution in [-0.2, 0) is 0 Å². The van der Waals surface area contributed by atoms with Gasteiger partial charge in [-0.25, -0.2) is 9.97 Å². The van der Waals surface area contributed by atoms with E-state index in [-0.39, 0.29) is 12.3 Å². The van der Waals surface area contributed by atoms with Crippen LogP contribution < -0.4 is 5.73 Å². The largest absolute Gasteiger partial charge is 0.324 e. The molecule has 0 saturated heterocycles. The lowest BCUT2D eigenvalue weighted by Crippen LogP contribution is -2.16. The molecule has 0 radical (unpaired) electrons. The molecule has 2 rings (SSSR count). The summed E-state index contributed by atoms with van der Waals surface area (Å²) in [5.74, 6) is 0.417. The number of nitrogens with zero attached hydrogens (tertiary/aromatic N) is 3. The summed E-state index contributed by atoms with van der Waals surface area (Å²) in [6, 6.07) is 1.90. The molecular formula is C10H12N4O. The molecule has 0 aliphatic carbocycles. The Labute approximate surface area is 87.0 Å². The molecule has 0 spiro atoms. The average Bonchev–Trinajstić information content (AvgIpc) is 2.60. The summed E-state index contributed by atoms with van der Waals surface area (Å²) in [5.41, 5.74) is 7.64. The zero-order valence-electron chi connectivity index (χ0n) is 8.69. The van der Waals surface area contributed by atoms with E-state index in [1.54, 1.807) is 4.40 Å². The van der Waals surface area contributed by atoms with Crippen LogP contribution in [0.4, 0.5) is 0 Å². The van der Waals surface area contributed by atoms with Crippen LogP contribution in [-0.4, -0.2) is 26.7 Å². The summed E-state index contributed by atoms with van der Waals surface area (Å²) in [6.45, 7) is 3.80. The van der Waals surface area contributed by atoms with Crippen molar-refractivity contribution in [3.8, 4) is 0 Å². The van der Waals surface area contributed by atoms with E-state index in [1.165, 1.54) is 6.20 Å². The van der Waals surface area contributed by atoms with E-state index in [9.17, 15) is 4.79 Å². The van der Waals surface area contributed by atoms with Crippen LogP contribution in [0.25, 0.3) is 5.78 Å². The average molecular weight is 204 g/mol. The molecule has 0 aliphatic rings. The summed E-state index contributed by atoms with van der Waals surface area (Å²) in [5, 5.41) is 0. The van der Waals surface area contributed by atoms with E-state index in [2.05, 4.69) is 9.97 Å². The standard InChI is InChI=1S/C10H12N4O/c1-6-3-7(2)14-8(9(15)4-11)5-12-10(14)13-6/h3,5H,4,11H2,1-2H3. The highest BCUT2D eigenvalue weighted by atomic mass is 16.1. The van der Waals surface area contributed by atoms with E-state index in [4.69, 9.17) is 5.73 Å². The number of fused-ring (bicyclic) bond motifs is 1. The molecule has 2 aromatic heterocycles. The molecule has 0 aromatic carbocycles. The van der Waals surface area contributed by atoms with Gasteiger partial charge in [0, 0.05) is 11.4 Å². The fraction of sp³-hybridized carbons (Fsp3) is 0.300. The maximum atomic E-state index is 11.5. The van der Waals surface area contributed by atoms with E-state index in [0.717, 1.165) is 11.4 Å². The Balaban J connectivity index is 2.74. The minimum Gasteiger partial charge on any atom is -0.324 e. The summed E-state index contributed by atoms with van der Waals surface area (Å²) in [6.07, 6.45) is 1.52. The number of aromatic nitrogens is 3. The number of ketones is 1. The van der Waals surface area contributed by atoms with Gasteiger partial charge in [0.15, 0.2) is 5.78 Å². The van der Waals surface area contributed by atoms with E-state index < -0.39 is 0 Å². The summed E-state index contributed by atoms with van der Waals surface area (Å²) in [4.78, 5) is 19.8. The van der Waals surface area contributed by atoms with Crippen molar-refractivity contribution in [3.05, 3.63) is 29.3 Å². The smallest absolute Gasteiger partial charge is 0.234 e. The first-order valence-electron chi connectivity index (χ1n) is 4.68. The van der Waals surface area contributed by atoms with Gasteiger partial charge in [-0.3, -0.25) is 9.20 Å². The molecular weight excluding hydrogens is 192 g/mol. The van der Waals surface area contributed by atoms with Crippen molar-refractivity contribution < 1.29 is 4.79 Å². The Morgan fingerprint density at radius 1 is 1.53 bits per heavy atom. The Bertz CT molecular complexity index is 529. The third-order valence-electron chi connectivity index (χ3n) is 2.26. The van der Waals surface area contributed by atoms with E-state index in [0.29, 0.717) is 11.5 Å². The highest BCUT2D eigenvalue weighted by Gasteiger charge is 2.12. The minimum absolute atomic E-state index is 0.0128. The predicted octanol–water partition coefficient (Wildman–Crippen LogP) is 0.488. The molecule has 0 amide bonds. The molecule has 0 unspecified atom stereocenters. The van der Waals surface area contributed by atoms with Crippen molar-refractivity contribution in [2.45, 2.75) is 13.8 Å². The Hall–Kier alpha value is -1.75. The topological polar surface area (TPSA) is 73.3 Å². The number of hydrogen-bond acceptors (Lipinski definition) is 4. The van der Waals surface area contributed by atoms with Gasteiger partial charge in [-0.05, 0) is 19.9 Å². The van der Waals surface area contributed by atoms with Gasteiger partial charge in [-0.15, -0.1) is 0 Å². The van der Waals surface area contributed by atoms with Crippen molar-refractivity contribution in [3.63, 3.8) is 0 Å². The van der Waals surface area contributed by atoms with Crippen LogP contribution in [0.1, 0.15) is 21.9 Å². The summed E-state index contributed by atoms with van der Waals surface area (Å²) in [7, 11) is 0. The molecule has 0 aliphatic heterocycles. The Morgan fingerprint density at radius 3 is 2.93 bits per heavy atom. The third kappa shape index (κ3) is 1.50. The lowest BCUT2D eigenvalue weighted by molar-refractivity contribution is 0.0995. The molecule has 5 nitrogen and oxygen atoms in total. The highest BCUT2D eigenvalue weighted by Crippen LogP contribution is 2.10. The normalized spacial score (nSPS) is 10.9. The summed E-state index contributed by atoms with van der Waals surface area (Å²) >= 11 is 0. The number of Topliss-reactive ketones (excluding diaryl/α,β-unsaturated/α-hetero) is 1. The molecule has 78 valence electrons. The molecule has 0 saturated carbocycles. The molecule has 0 fully saturated rings. The zero-order valence-corrected chi connectivity index (χ0v) is 8.69. The van der Waals surface area contributed by atoms with Gasteiger partial charge in [-0.2, -0.15) is 0 Å². The fourth-order valence-corrected chi connectivity index (χ4v) is 1.63. The first-order valence-corrected chi connectivity index (χ1v) is 4.68. The minimum atomic E-state index is -0.128. The number of hydrogen-bond donors (Lipinski definition) is 1. The van der Waals surface area contributed by atoms with Crippen molar-refractivity contribution in [2.75, 3.05) is 6.54 Å². The number of carbonyl (C=O) groups excluding carboxylic acids is 1. The van der Waals surface area contributed by atoms with E-state index >= 15 is 0 Å². The van der Waals surface area contributed by atoms with Crippen molar-refractivity contribution in [2.24, 2.45) is 5.73 Å². The van der Waals surface area contributed by atoms with Gasteiger partial charge in [0.2, 0.25) is 5.78 Å². The number of rotatable bonds is 2. The van der Waals surface area contributed by atoms with Crippen molar-refractivity contribution in [1.82, 2.24) is 14.4 Å². The van der Waals surface area contributed by atoms with Gasteiger partial charge in [0.05, 0.1) is 12.7 Å². The first-order chi connectivity index (χ1) is 7.13. The third-order valence-corrected chi connectivity index (χ3v) is 2.26. The van der Waals surface area contributed by atoms with Gasteiger partial charge >= 0.3 is 0 Å². The Kier molecular flexibility index (Phi) is 2.24. The van der Waals surface area contributed by atoms with Crippen LogP contribution in [0.2, 0.25) is 0 Å². The molecule has 5 heteroatoms. The van der Waals surface area contributed by atoms with Crippen LogP contribution in [0.15, 0.2) is 12.3 Å². The fourth-order valence-electron chi connectivity index (χ4n) is 1.63. The van der Waals surface area contributed by atoms with Crippen LogP contribution >= 0.6 is 0 Å². The molecule has 2 heterocycles. The van der Waals surface area contributed by atoms with Crippen LogP contribution in [0, 0.1) is 13.8 Å². The number of carbonyl (C=O) groups is 1. The lowest BCUT2D eigenvalue weighted by atomic mass is 10.3.